The summed E-state index contributed by atoms with van der Waals surface area (Å²) in [6, 6.07) is 7.85. The number of benzene rings is 1. The lowest BCUT2D eigenvalue weighted by Crippen LogP contribution is -1.94. The van der Waals surface area contributed by atoms with E-state index in [1.54, 1.807) is 23.5 Å². The fourth-order valence-electron chi connectivity index (χ4n) is 1.39. The van der Waals surface area contributed by atoms with Crippen molar-refractivity contribution in [2.45, 2.75) is 10.9 Å². The van der Waals surface area contributed by atoms with Crippen molar-refractivity contribution in [1.29, 1.82) is 0 Å². The first-order valence-electron chi connectivity index (χ1n) is 5.34. The number of nitrogens with zero attached hydrogens (tertiary/aromatic N) is 4. The summed E-state index contributed by atoms with van der Waals surface area (Å²) in [6.07, 6.45) is 0. The lowest BCUT2D eigenvalue weighted by atomic mass is 10.1. The lowest BCUT2D eigenvalue weighted by molar-refractivity contribution is 0.350. The number of hydrogen-bond donors (Lipinski definition) is 1. The molecule has 2 aromatic rings. The van der Waals surface area contributed by atoms with Crippen LogP contribution in [0.25, 0.3) is 0 Å². The summed E-state index contributed by atoms with van der Waals surface area (Å²) in [6.45, 7) is -0.130. The van der Waals surface area contributed by atoms with Crippen molar-refractivity contribution in [3.8, 4) is 11.8 Å². The summed E-state index contributed by atoms with van der Waals surface area (Å²) < 4.78 is 1.63. The predicted octanol–water partition coefficient (Wildman–Crippen LogP) is 0.846. The van der Waals surface area contributed by atoms with Crippen molar-refractivity contribution in [3.05, 3.63) is 35.4 Å². The van der Waals surface area contributed by atoms with Crippen LogP contribution < -0.4 is 0 Å². The van der Waals surface area contributed by atoms with Gasteiger partial charge in [0.1, 0.15) is 6.61 Å². The molecule has 0 amide bonds. The van der Waals surface area contributed by atoms with E-state index >= 15 is 0 Å². The van der Waals surface area contributed by atoms with Crippen molar-refractivity contribution in [2.24, 2.45) is 7.05 Å². The van der Waals surface area contributed by atoms with Crippen LogP contribution in [0.1, 0.15) is 11.1 Å². The van der Waals surface area contributed by atoms with Gasteiger partial charge in [0.25, 0.3) is 0 Å². The van der Waals surface area contributed by atoms with Crippen LogP contribution in [0, 0.1) is 11.8 Å². The molecule has 0 saturated carbocycles. The third kappa shape index (κ3) is 3.09. The summed E-state index contributed by atoms with van der Waals surface area (Å²) >= 11 is 1.55. The van der Waals surface area contributed by atoms with Crippen LogP contribution in [-0.4, -0.2) is 31.9 Å². The van der Waals surface area contributed by atoms with Crippen LogP contribution in [0.15, 0.2) is 29.4 Å². The molecule has 0 radical (unpaired) electrons. The van der Waals surface area contributed by atoms with E-state index in [1.165, 1.54) is 0 Å². The predicted molar refractivity (Wildman–Crippen MR) is 68.8 cm³/mol. The van der Waals surface area contributed by atoms with E-state index in [0.717, 1.165) is 22.0 Å². The smallest absolute Gasteiger partial charge is 0.209 e. The number of rotatable bonds is 3. The molecule has 0 bridgehead atoms. The molecule has 0 saturated heterocycles. The van der Waals surface area contributed by atoms with E-state index in [1.807, 2.05) is 24.3 Å². The largest absolute Gasteiger partial charge is 0.384 e. The van der Waals surface area contributed by atoms with Crippen LogP contribution in [-0.2, 0) is 12.8 Å². The van der Waals surface area contributed by atoms with Gasteiger partial charge in [0, 0.05) is 18.4 Å². The van der Waals surface area contributed by atoms with E-state index in [9.17, 15) is 0 Å². The van der Waals surface area contributed by atoms with E-state index < -0.39 is 0 Å². The van der Waals surface area contributed by atoms with Gasteiger partial charge in [-0.25, -0.2) is 4.68 Å². The third-order valence-electron chi connectivity index (χ3n) is 2.26. The maximum Gasteiger partial charge on any atom is 0.209 e. The molecule has 92 valence electrons. The second-order valence-corrected chi connectivity index (χ2v) is 4.43. The highest BCUT2D eigenvalue weighted by Crippen LogP contribution is 2.21. The van der Waals surface area contributed by atoms with Gasteiger partial charge in [-0.15, -0.1) is 5.10 Å². The molecule has 0 aliphatic carbocycles. The number of aryl methyl sites for hydroxylation is 1. The highest BCUT2D eigenvalue weighted by Gasteiger charge is 2.05. The highest BCUT2D eigenvalue weighted by molar-refractivity contribution is 7.98. The fourth-order valence-corrected chi connectivity index (χ4v) is 2.24. The van der Waals surface area contributed by atoms with Crippen LogP contribution in [0.2, 0.25) is 0 Å². The highest BCUT2D eigenvalue weighted by atomic mass is 32.2. The average molecular weight is 260 g/mol. The number of aromatic nitrogens is 4. The zero-order valence-electron chi connectivity index (χ0n) is 9.87. The lowest BCUT2D eigenvalue weighted by Gasteiger charge is -2.03. The summed E-state index contributed by atoms with van der Waals surface area (Å²) in [7, 11) is 1.81. The number of tetrazole rings is 1. The van der Waals surface area contributed by atoms with Crippen LogP contribution >= 0.6 is 11.8 Å². The van der Waals surface area contributed by atoms with Gasteiger partial charge in [-0.05, 0) is 22.1 Å². The van der Waals surface area contributed by atoms with Gasteiger partial charge >= 0.3 is 0 Å². The minimum atomic E-state index is -0.130. The summed E-state index contributed by atoms with van der Waals surface area (Å²) in [5.74, 6) is 6.34. The Morgan fingerprint density at radius 1 is 1.39 bits per heavy atom. The van der Waals surface area contributed by atoms with Crippen molar-refractivity contribution in [2.75, 3.05) is 6.61 Å². The summed E-state index contributed by atoms with van der Waals surface area (Å²) in [5, 5.41) is 20.8. The van der Waals surface area contributed by atoms with E-state index in [-0.39, 0.29) is 6.61 Å². The number of aliphatic hydroxyl groups excluding tert-OH is 1. The first kappa shape index (κ1) is 12.6. The van der Waals surface area contributed by atoms with Crippen molar-refractivity contribution in [1.82, 2.24) is 20.2 Å². The normalized spacial score (nSPS) is 9.89. The number of thioether (sulfide) groups is 1. The van der Waals surface area contributed by atoms with Crippen molar-refractivity contribution in [3.63, 3.8) is 0 Å². The van der Waals surface area contributed by atoms with Crippen LogP contribution in [0.5, 0.6) is 0 Å². The molecule has 0 atom stereocenters. The Morgan fingerprint density at radius 3 is 2.94 bits per heavy atom. The number of hydrogen-bond acceptors (Lipinski definition) is 5. The van der Waals surface area contributed by atoms with Gasteiger partial charge in [0.05, 0.1) is 0 Å². The topological polar surface area (TPSA) is 63.8 Å². The van der Waals surface area contributed by atoms with Gasteiger partial charge in [0.2, 0.25) is 5.16 Å². The molecule has 1 aromatic carbocycles. The molecule has 0 aliphatic heterocycles. The minimum absolute atomic E-state index is 0.130. The summed E-state index contributed by atoms with van der Waals surface area (Å²) in [5.41, 5.74) is 2.03. The molecular formula is C12H12N4OS. The quantitative estimate of drug-likeness (QED) is 0.654. The monoisotopic (exact) mass is 260 g/mol. The standard InChI is InChI=1S/C12H12N4OS/c1-16-12(13-14-15-16)18-9-11-6-3-2-5-10(11)7-4-8-17/h2-3,5-6,17H,8-9H2,1H3. The second-order valence-electron chi connectivity index (χ2n) is 3.49. The van der Waals surface area contributed by atoms with Gasteiger partial charge < -0.3 is 5.11 Å². The van der Waals surface area contributed by atoms with Crippen LogP contribution in [0.4, 0.5) is 0 Å². The molecule has 0 fully saturated rings. The minimum Gasteiger partial charge on any atom is -0.384 e. The first-order chi connectivity index (χ1) is 8.81. The number of aliphatic hydroxyl groups is 1. The zero-order chi connectivity index (χ0) is 12.8. The fraction of sp³-hybridized carbons (Fsp3) is 0.250. The SMILES string of the molecule is Cn1nnnc1SCc1ccccc1C#CCO. The second kappa shape index (κ2) is 6.19. The summed E-state index contributed by atoms with van der Waals surface area (Å²) in [4.78, 5) is 0. The van der Waals surface area contributed by atoms with Crippen LogP contribution in [0.3, 0.4) is 0 Å². The van der Waals surface area contributed by atoms with Gasteiger partial charge in [-0.1, -0.05) is 41.8 Å². The zero-order valence-corrected chi connectivity index (χ0v) is 10.7. The van der Waals surface area contributed by atoms with Crippen molar-refractivity contribution < 1.29 is 5.11 Å². The Balaban J connectivity index is 2.12. The molecule has 0 unspecified atom stereocenters. The molecule has 5 nitrogen and oxygen atoms in total. The molecule has 1 aromatic heterocycles. The Bertz CT molecular complexity index is 585. The third-order valence-corrected chi connectivity index (χ3v) is 3.32. The Kier molecular flexibility index (Phi) is 4.34. The van der Waals surface area contributed by atoms with Crippen molar-refractivity contribution >= 4 is 11.8 Å². The molecule has 0 spiro atoms. The Hall–Kier alpha value is -1.84. The first-order valence-corrected chi connectivity index (χ1v) is 6.32. The molecule has 1 N–H and O–H groups in total. The van der Waals surface area contributed by atoms with Gasteiger partial charge in [-0.3, -0.25) is 0 Å². The molecule has 2 rings (SSSR count). The maximum absolute atomic E-state index is 8.73. The molecule has 1 heterocycles. The van der Waals surface area contributed by atoms with E-state index in [4.69, 9.17) is 5.11 Å². The Labute approximate surface area is 109 Å². The maximum atomic E-state index is 8.73. The van der Waals surface area contributed by atoms with Gasteiger partial charge in [0.15, 0.2) is 0 Å². The Morgan fingerprint density at radius 2 is 2.22 bits per heavy atom. The van der Waals surface area contributed by atoms with E-state index in [0.29, 0.717) is 0 Å². The molecule has 18 heavy (non-hydrogen) atoms. The van der Waals surface area contributed by atoms with Gasteiger partial charge in [-0.2, -0.15) is 0 Å². The molecule has 6 heteroatoms. The molecular weight excluding hydrogens is 248 g/mol. The molecule has 0 aliphatic rings. The average Bonchev–Trinajstić information content (AvgIpc) is 2.80. The van der Waals surface area contributed by atoms with E-state index in [2.05, 4.69) is 27.4 Å².